The molecule has 1 heterocycles. The molecule has 1 aromatic rings. The highest BCUT2D eigenvalue weighted by molar-refractivity contribution is 7.89. The molecule has 1 amide bonds. The summed E-state index contributed by atoms with van der Waals surface area (Å²) < 4.78 is 31.3. The topological polar surface area (TPSA) is 66.9 Å². The van der Waals surface area contributed by atoms with Gasteiger partial charge in [-0.3, -0.25) is 0 Å². The van der Waals surface area contributed by atoms with E-state index in [-0.39, 0.29) is 6.54 Å². The lowest BCUT2D eigenvalue weighted by Crippen LogP contribution is -2.37. The molecule has 0 radical (unpaired) electrons. The lowest BCUT2D eigenvalue weighted by molar-refractivity contribution is 0.126. The first-order chi connectivity index (χ1) is 9.95. The highest BCUT2D eigenvalue weighted by Gasteiger charge is 2.28. The Morgan fingerprint density at radius 2 is 1.76 bits per heavy atom. The zero-order valence-electron chi connectivity index (χ0n) is 12.3. The van der Waals surface area contributed by atoms with Gasteiger partial charge in [0.15, 0.2) is 0 Å². The summed E-state index contributed by atoms with van der Waals surface area (Å²) in [5.74, 6) is 0. The number of aryl methyl sites for hydroxylation is 1. The number of carbonyl (C=O) groups excluding carboxylic acids is 1. The fourth-order valence-electron chi connectivity index (χ4n) is 2.31. The molecule has 1 aliphatic rings. The van der Waals surface area contributed by atoms with Crippen LogP contribution in [0.5, 0.6) is 0 Å². The Balaban J connectivity index is 2.14. The van der Waals surface area contributed by atoms with Crippen LogP contribution in [0.1, 0.15) is 12.0 Å². The SMILES string of the molecule is COC(=O)N1CCCN(S(=O)(=O)c2ccc(C)cc2)CC1. The molecule has 6 nitrogen and oxygen atoms in total. The van der Waals surface area contributed by atoms with Crippen LogP contribution in [0.3, 0.4) is 0 Å². The molecule has 1 fully saturated rings. The first kappa shape index (κ1) is 15.8. The molecule has 0 aromatic heterocycles. The number of benzene rings is 1. The van der Waals surface area contributed by atoms with Crippen molar-refractivity contribution in [1.82, 2.24) is 9.21 Å². The van der Waals surface area contributed by atoms with Gasteiger partial charge < -0.3 is 9.64 Å². The van der Waals surface area contributed by atoms with Crippen molar-refractivity contribution in [2.75, 3.05) is 33.3 Å². The quantitative estimate of drug-likeness (QED) is 0.829. The van der Waals surface area contributed by atoms with Gasteiger partial charge in [0, 0.05) is 26.2 Å². The van der Waals surface area contributed by atoms with E-state index in [0.29, 0.717) is 31.0 Å². The zero-order valence-corrected chi connectivity index (χ0v) is 13.1. The van der Waals surface area contributed by atoms with Crippen LogP contribution in [0.4, 0.5) is 4.79 Å². The maximum atomic E-state index is 12.6. The second-order valence-corrected chi connectivity index (χ2v) is 6.97. The van der Waals surface area contributed by atoms with E-state index in [4.69, 9.17) is 0 Å². The fourth-order valence-corrected chi connectivity index (χ4v) is 3.77. The summed E-state index contributed by atoms with van der Waals surface area (Å²) in [7, 11) is -2.18. The molecule has 2 rings (SSSR count). The first-order valence-corrected chi connectivity index (χ1v) is 8.29. The highest BCUT2D eigenvalue weighted by Crippen LogP contribution is 2.18. The Labute approximate surface area is 125 Å². The summed E-state index contributed by atoms with van der Waals surface area (Å²) in [4.78, 5) is 13.3. The van der Waals surface area contributed by atoms with E-state index in [2.05, 4.69) is 4.74 Å². The minimum absolute atomic E-state index is 0.283. The molecule has 116 valence electrons. The third kappa shape index (κ3) is 3.54. The molecular formula is C14H20N2O4S. The average molecular weight is 312 g/mol. The molecule has 7 heteroatoms. The predicted molar refractivity (Wildman–Crippen MR) is 78.5 cm³/mol. The van der Waals surface area contributed by atoms with Crippen LogP contribution in [0.25, 0.3) is 0 Å². The Morgan fingerprint density at radius 3 is 2.38 bits per heavy atom. The maximum absolute atomic E-state index is 12.6. The summed E-state index contributed by atoms with van der Waals surface area (Å²) in [5.41, 5.74) is 1.02. The van der Waals surface area contributed by atoms with E-state index in [9.17, 15) is 13.2 Å². The number of sulfonamides is 1. The van der Waals surface area contributed by atoms with E-state index in [0.717, 1.165) is 5.56 Å². The molecule has 0 unspecified atom stereocenters. The second-order valence-electron chi connectivity index (χ2n) is 5.03. The summed E-state index contributed by atoms with van der Waals surface area (Å²) >= 11 is 0. The van der Waals surface area contributed by atoms with Crippen LogP contribution in [0.2, 0.25) is 0 Å². The normalized spacial score (nSPS) is 17.3. The van der Waals surface area contributed by atoms with Gasteiger partial charge in [-0.25, -0.2) is 13.2 Å². The van der Waals surface area contributed by atoms with E-state index in [1.54, 1.807) is 24.3 Å². The van der Waals surface area contributed by atoms with Crippen molar-refractivity contribution in [2.45, 2.75) is 18.2 Å². The number of methoxy groups -OCH3 is 1. The molecule has 1 aliphatic heterocycles. The van der Waals surface area contributed by atoms with Crippen LogP contribution in [0, 0.1) is 6.92 Å². The van der Waals surface area contributed by atoms with Gasteiger partial charge in [-0.05, 0) is 25.5 Å². The van der Waals surface area contributed by atoms with Crippen molar-refractivity contribution >= 4 is 16.1 Å². The lowest BCUT2D eigenvalue weighted by atomic mass is 10.2. The molecule has 0 bridgehead atoms. The Hall–Kier alpha value is -1.60. The summed E-state index contributed by atoms with van der Waals surface area (Å²) in [5, 5.41) is 0. The van der Waals surface area contributed by atoms with Crippen molar-refractivity contribution in [3.8, 4) is 0 Å². The Bertz CT molecular complexity index is 598. The predicted octanol–water partition coefficient (Wildman–Crippen LogP) is 1.46. The van der Waals surface area contributed by atoms with Crippen molar-refractivity contribution in [3.05, 3.63) is 29.8 Å². The van der Waals surface area contributed by atoms with Crippen LogP contribution in [-0.2, 0) is 14.8 Å². The Kier molecular flexibility index (Phi) is 4.84. The number of ether oxygens (including phenoxy) is 1. The molecule has 0 aliphatic carbocycles. The fraction of sp³-hybridized carbons (Fsp3) is 0.500. The Morgan fingerprint density at radius 1 is 1.10 bits per heavy atom. The van der Waals surface area contributed by atoms with Gasteiger partial charge in [0.1, 0.15) is 0 Å². The minimum atomic E-state index is -3.50. The molecule has 0 N–H and O–H groups in total. The maximum Gasteiger partial charge on any atom is 0.409 e. The standard InChI is InChI=1S/C14H20N2O4S/c1-12-4-6-13(7-5-12)21(18,19)16-9-3-8-15(10-11-16)14(17)20-2/h4-7H,3,8-11H2,1-2H3. The summed E-state index contributed by atoms with van der Waals surface area (Å²) in [6.45, 7) is 3.45. The van der Waals surface area contributed by atoms with E-state index < -0.39 is 16.1 Å². The zero-order chi connectivity index (χ0) is 15.5. The number of carbonyl (C=O) groups is 1. The molecule has 0 atom stereocenters. The first-order valence-electron chi connectivity index (χ1n) is 6.85. The van der Waals surface area contributed by atoms with Gasteiger partial charge >= 0.3 is 6.09 Å². The molecule has 1 aromatic carbocycles. The van der Waals surface area contributed by atoms with Crippen LogP contribution in [-0.4, -0.2) is 57.0 Å². The monoisotopic (exact) mass is 312 g/mol. The van der Waals surface area contributed by atoms with Crippen molar-refractivity contribution < 1.29 is 17.9 Å². The van der Waals surface area contributed by atoms with Gasteiger partial charge in [-0.1, -0.05) is 17.7 Å². The molecule has 0 saturated carbocycles. The summed E-state index contributed by atoms with van der Waals surface area (Å²) in [6.07, 6.45) is 0.185. The van der Waals surface area contributed by atoms with E-state index in [1.165, 1.54) is 16.3 Å². The lowest BCUT2D eigenvalue weighted by Gasteiger charge is -2.21. The largest absolute Gasteiger partial charge is 0.453 e. The van der Waals surface area contributed by atoms with E-state index >= 15 is 0 Å². The second kappa shape index (κ2) is 6.44. The number of hydrogen-bond acceptors (Lipinski definition) is 4. The smallest absolute Gasteiger partial charge is 0.409 e. The number of nitrogens with zero attached hydrogens (tertiary/aromatic N) is 2. The van der Waals surface area contributed by atoms with Gasteiger partial charge in [0.2, 0.25) is 10.0 Å². The molecule has 1 saturated heterocycles. The van der Waals surface area contributed by atoms with Crippen LogP contribution < -0.4 is 0 Å². The van der Waals surface area contributed by atoms with Crippen molar-refractivity contribution in [2.24, 2.45) is 0 Å². The molecule has 21 heavy (non-hydrogen) atoms. The third-order valence-corrected chi connectivity index (χ3v) is 5.46. The van der Waals surface area contributed by atoms with Crippen LogP contribution in [0.15, 0.2) is 29.2 Å². The molecule has 0 spiro atoms. The number of rotatable bonds is 2. The average Bonchev–Trinajstić information content (AvgIpc) is 2.73. The van der Waals surface area contributed by atoms with Gasteiger partial charge in [0.05, 0.1) is 12.0 Å². The van der Waals surface area contributed by atoms with Gasteiger partial charge in [0.25, 0.3) is 0 Å². The number of hydrogen-bond donors (Lipinski definition) is 0. The van der Waals surface area contributed by atoms with E-state index in [1.807, 2.05) is 6.92 Å². The van der Waals surface area contributed by atoms with Crippen molar-refractivity contribution in [3.63, 3.8) is 0 Å². The third-order valence-electron chi connectivity index (χ3n) is 3.55. The van der Waals surface area contributed by atoms with Crippen molar-refractivity contribution in [1.29, 1.82) is 0 Å². The van der Waals surface area contributed by atoms with Gasteiger partial charge in [-0.15, -0.1) is 0 Å². The van der Waals surface area contributed by atoms with Gasteiger partial charge in [-0.2, -0.15) is 4.31 Å². The number of amides is 1. The minimum Gasteiger partial charge on any atom is -0.453 e. The highest BCUT2D eigenvalue weighted by atomic mass is 32.2. The molecular weight excluding hydrogens is 292 g/mol. The van der Waals surface area contributed by atoms with Crippen LogP contribution >= 0.6 is 0 Å². The summed E-state index contributed by atoms with van der Waals surface area (Å²) in [6, 6.07) is 6.80.